The van der Waals surface area contributed by atoms with E-state index in [1.54, 1.807) is 6.07 Å². The van der Waals surface area contributed by atoms with Crippen molar-refractivity contribution in [1.29, 1.82) is 5.41 Å². The summed E-state index contributed by atoms with van der Waals surface area (Å²) in [5.74, 6) is -3.48. The third-order valence-corrected chi connectivity index (χ3v) is 6.22. The Morgan fingerprint density at radius 2 is 1.63 bits per heavy atom. The number of hydrogen-bond donors (Lipinski definition) is 2. The normalized spacial score (nSPS) is 21.2. The van der Waals surface area contributed by atoms with Gasteiger partial charge in [0.2, 0.25) is 17.2 Å². The van der Waals surface area contributed by atoms with Crippen molar-refractivity contribution < 1.29 is 56.9 Å². The highest BCUT2D eigenvalue weighted by molar-refractivity contribution is 7.77. The number of esters is 4. The van der Waals surface area contributed by atoms with Crippen molar-refractivity contribution in [1.82, 2.24) is 10.3 Å². The zero-order valence-electron chi connectivity index (χ0n) is 24.1. The quantitative estimate of drug-likeness (QED) is 0.0545. The van der Waals surface area contributed by atoms with E-state index in [2.05, 4.69) is 10.7 Å². The Kier molecular flexibility index (Phi) is 10.7. The fourth-order valence-electron chi connectivity index (χ4n) is 4.42. The summed E-state index contributed by atoms with van der Waals surface area (Å²) >= 11 is 5.12. The topological polar surface area (TPSA) is 201 Å². The number of rotatable bonds is 10. The van der Waals surface area contributed by atoms with Crippen molar-refractivity contribution in [2.45, 2.75) is 72.2 Å². The molecule has 1 aromatic carbocycles. The highest BCUT2D eigenvalue weighted by Gasteiger charge is 2.54. The van der Waals surface area contributed by atoms with Gasteiger partial charge in [-0.05, 0) is 29.8 Å². The van der Waals surface area contributed by atoms with E-state index < -0.39 is 66.3 Å². The Hall–Kier alpha value is -4.64. The molecule has 0 bridgehead atoms. The van der Waals surface area contributed by atoms with Crippen molar-refractivity contribution in [2.75, 3.05) is 12.0 Å². The van der Waals surface area contributed by atoms with Crippen molar-refractivity contribution in [2.24, 2.45) is 0 Å². The molecule has 232 valence electrons. The predicted molar refractivity (Wildman–Crippen MR) is 145 cm³/mol. The summed E-state index contributed by atoms with van der Waals surface area (Å²) in [6.07, 6.45) is -6.98. The second-order valence-corrected chi connectivity index (χ2v) is 9.87. The van der Waals surface area contributed by atoms with E-state index in [9.17, 15) is 24.0 Å². The predicted octanol–water partition coefficient (Wildman–Crippen LogP) is 0.574. The number of nitrogens with one attached hydrogen (secondary N) is 2. The Bertz CT molecular complexity index is 1410. The second kappa shape index (κ2) is 14.0. The summed E-state index contributed by atoms with van der Waals surface area (Å²) in [5, 5.41) is 12.4. The molecule has 5 atom stereocenters. The highest BCUT2D eigenvalue weighted by atomic mass is 32.1. The number of benzene rings is 1. The van der Waals surface area contributed by atoms with Crippen molar-refractivity contribution in [3.05, 3.63) is 35.0 Å². The number of aldehydes is 1. The zero-order chi connectivity index (χ0) is 32.0. The van der Waals surface area contributed by atoms with Gasteiger partial charge in [0.05, 0.1) is 0 Å². The van der Waals surface area contributed by atoms with Crippen LogP contribution in [0.4, 0.5) is 5.88 Å². The molecule has 0 saturated carbocycles. The van der Waals surface area contributed by atoms with E-state index in [-0.39, 0.29) is 11.6 Å². The molecule has 0 amide bonds. The van der Waals surface area contributed by atoms with Crippen molar-refractivity contribution in [3.63, 3.8) is 0 Å². The van der Waals surface area contributed by atoms with E-state index in [4.69, 9.17) is 46.2 Å². The van der Waals surface area contributed by atoms with Crippen LogP contribution in [0.15, 0.2) is 22.7 Å². The lowest BCUT2D eigenvalue weighted by atomic mass is 9.97. The van der Waals surface area contributed by atoms with Crippen LogP contribution in [-0.2, 0) is 55.5 Å². The van der Waals surface area contributed by atoms with Gasteiger partial charge in [0.1, 0.15) is 12.7 Å². The number of aromatic nitrogens is 2. The number of amidine groups is 1. The largest absolute Gasteiger partial charge is 0.741 e. The molecule has 17 heteroatoms. The summed E-state index contributed by atoms with van der Waals surface area (Å²) in [7, 11) is 0. The molecule has 0 spiro atoms. The molecule has 2 N–H and O–H groups in total. The molecule has 16 nitrogen and oxygen atoms in total. The summed E-state index contributed by atoms with van der Waals surface area (Å²) < 4.78 is 34.0. The van der Waals surface area contributed by atoms with Gasteiger partial charge in [-0.3, -0.25) is 38.9 Å². The average Bonchev–Trinajstić information content (AvgIpc) is 3.30. The van der Waals surface area contributed by atoms with E-state index in [1.165, 1.54) is 4.68 Å². The van der Waals surface area contributed by atoms with Crippen LogP contribution in [0, 0.1) is 19.3 Å². The van der Waals surface area contributed by atoms with Crippen molar-refractivity contribution in [3.8, 4) is 5.69 Å². The summed E-state index contributed by atoms with van der Waals surface area (Å²) in [5.41, 5.74) is 4.83. The minimum absolute atomic E-state index is 0.112. The number of nitrogens with zero attached hydrogens (tertiary/aromatic N) is 3. The Balaban J connectivity index is 2.11. The maximum atomic E-state index is 12.2. The lowest BCUT2D eigenvalue weighted by Gasteiger charge is -2.48. The van der Waals surface area contributed by atoms with Gasteiger partial charge in [-0.1, -0.05) is 11.6 Å². The molecule has 1 aromatic heterocycles. The fraction of sp³-hybridized carbons (Fsp3) is 0.462. The molecule has 1 aliphatic rings. The van der Waals surface area contributed by atoms with Crippen LogP contribution in [0.5, 0.6) is 0 Å². The van der Waals surface area contributed by atoms with Gasteiger partial charge in [-0.25, -0.2) is 0 Å². The van der Waals surface area contributed by atoms with Gasteiger partial charge in [-0.15, -0.1) is 0 Å². The molecular weight excluding hydrogens is 590 g/mol. The standard InChI is InChI=1S/C26H31N5O11S/c1-12-7-8-18(13(2)9-12)30-19(10-32)24(42-29-30)28-31(26(27)43)25-23(40-17(6)36)22(39-16(5)35)21(38-15(4)34)20(41-25)11-37-14(3)33/h7-10,20-23,25H,11H2,1-6H3,(H2-,27,28,29,32,43)/t20-,21+,22+,23-,25-/m1/s1. The average molecular weight is 622 g/mol. The second-order valence-electron chi connectivity index (χ2n) is 9.48. The van der Waals surface area contributed by atoms with Gasteiger partial charge in [0, 0.05) is 39.3 Å². The minimum Gasteiger partial charge on any atom is -0.741 e. The van der Waals surface area contributed by atoms with Gasteiger partial charge in [0.15, 0.2) is 24.5 Å². The van der Waals surface area contributed by atoms with Crippen LogP contribution in [0.1, 0.15) is 49.3 Å². The third-order valence-electron chi connectivity index (χ3n) is 6.03. The number of anilines is 1. The maximum absolute atomic E-state index is 12.2. The third kappa shape index (κ3) is 8.01. The van der Waals surface area contributed by atoms with Crippen LogP contribution in [-0.4, -0.2) is 82.9 Å². The Morgan fingerprint density at radius 3 is 2.16 bits per heavy atom. The van der Waals surface area contributed by atoms with E-state index in [0.717, 1.165) is 43.8 Å². The number of carbonyl (C=O) groups is 5. The molecule has 2 heterocycles. The monoisotopic (exact) mass is 621 g/mol. The van der Waals surface area contributed by atoms with Crippen LogP contribution < -0.4 is 10.1 Å². The molecular formula is C26H31N5O11S. The number of carbonyl (C=O) groups excluding carboxylic acids is 5. The summed E-state index contributed by atoms with van der Waals surface area (Å²) in [4.78, 5) is 60.1. The van der Waals surface area contributed by atoms with Crippen molar-refractivity contribution >= 4 is 53.8 Å². The van der Waals surface area contributed by atoms with Gasteiger partial charge < -0.3 is 41.7 Å². The molecule has 1 saturated heterocycles. The molecule has 3 rings (SSSR count). The van der Waals surface area contributed by atoms with Crippen LogP contribution >= 0.6 is 0 Å². The van der Waals surface area contributed by atoms with Gasteiger partial charge in [-0.2, -0.15) is 0 Å². The first kappa shape index (κ1) is 32.9. The smallest absolute Gasteiger partial charge is 0.345 e. The molecule has 1 aliphatic heterocycles. The van der Waals surface area contributed by atoms with E-state index in [0.29, 0.717) is 12.0 Å². The van der Waals surface area contributed by atoms with Crippen LogP contribution in [0.2, 0.25) is 0 Å². The molecule has 43 heavy (non-hydrogen) atoms. The summed E-state index contributed by atoms with van der Waals surface area (Å²) in [6, 6.07) is 5.42. The van der Waals surface area contributed by atoms with Gasteiger partial charge in [0.25, 0.3) is 0 Å². The minimum atomic E-state index is -1.59. The first-order valence-corrected chi connectivity index (χ1v) is 13.2. The van der Waals surface area contributed by atoms with Gasteiger partial charge >= 0.3 is 35.5 Å². The number of ether oxygens (including phenoxy) is 5. The molecule has 0 unspecified atom stereocenters. The fourth-order valence-corrected chi connectivity index (χ4v) is 4.57. The zero-order valence-corrected chi connectivity index (χ0v) is 25.0. The lowest BCUT2D eigenvalue weighted by molar-refractivity contribution is -0.671. The summed E-state index contributed by atoms with van der Waals surface area (Å²) in [6.45, 7) is 7.58. The molecule has 0 aliphatic carbocycles. The highest BCUT2D eigenvalue weighted by Crippen LogP contribution is 2.31. The Morgan fingerprint density at radius 1 is 1.02 bits per heavy atom. The van der Waals surface area contributed by atoms with E-state index >= 15 is 0 Å². The van der Waals surface area contributed by atoms with Crippen LogP contribution in [0.3, 0.4) is 0 Å². The maximum Gasteiger partial charge on any atom is 0.345 e. The number of hydrogen-bond acceptors (Lipinski definition) is 15. The first-order chi connectivity index (χ1) is 20.2. The molecule has 0 radical (unpaired) electrons. The molecule has 1 fully saturated rings. The Labute approximate surface area is 251 Å². The number of aryl methyl sites for hydroxylation is 2. The van der Waals surface area contributed by atoms with E-state index in [1.807, 2.05) is 26.0 Å². The molecule has 2 aromatic rings. The van der Waals surface area contributed by atoms with Crippen LogP contribution in [0.25, 0.3) is 5.69 Å². The first-order valence-electron chi connectivity index (χ1n) is 12.8. The SMILES string of the molecule is CC(=O)OC[C@H]1O[C@@H](N(Nc2on[n+](-c3ccc(C)cc3C)c2C=O)C(=N)[S-])[C@H](OC(C)=O)[C@@H](OC(C)=O)[C@H]1OC(C)=O. The lowest BCUT2D eigenvalue weighted by Crippen LogP contribution is -2.67. The number of hydrazine groups is 1.